The maximum Gasteiger partial charge on any atom is 0.253 e. The van der Waals surface area contributed by atoms with Gasteiger partial charge in [-0.05, 0) is 73.7 Å². The lowest BCUT2D eigenvalue weighted by Gasteiger charge is -2.40. The molecule has 5 heteroatoms. The zero-order valence-corrected chi connectivity index (χ0v) is 19.6. The van der Waals surface area contributed by atoms with Crippen LogP contribution in [0, 0.1) is 5.92 Å². The maximum absolute atomic E-state index is 13.1. The molecule has 2 aromatic carbocycles. The number of piperidine rings is 1. The second-order valence-corrected chi connectivity index (χ2v) is 9.24. The Morgan fingerprint density at radius 2 is 1.81 bits per heavy atom. The third-order valence-corrected chi connectivity index (χ3v) is 6.75. The molecule has 0 bridgehead atoms. The number of ether oxygens (including phenoxy) is 1. The molecular formula is C27H33ClN2O2. The van der Waals surface area contributed by atoms with Gasteiger partial charge in [-0.15, -0.1) is 12.4 Å². The fraction of sp³-hybridized carbons (Fsp3) is 0.444. The number of para-hydroxylation sites is 1. The van der Waals surface area contributed by atoms with Gasteiger partial charge in [-0.25, -0.2) is 0 Å². The lowest BCUT2D eigenvalue weighted by molar-refractivity contribution is 0.0747. The minimum absolute atomic E-state index is 0. The van der Waals surface area contributed by atoms with Crippen molar-refractivity contribution in [1.29, 1.82) is 0 Å². The fourth-order valence-electron chi connectivity index (χ4n) is 4.84. The van der Waals surface area contributed by atoms with E-state index < -0.39 is 0 Å². The van der Waals surface area contributed by atoms with Gasteiger partial charge in [-0.1, -0.05) is 37.3 Å². The first-order valence-corrected chi connectivity index (χ1v) is 11.8. The smallest absolute Gasteiger partial charge is 0.253 e. The third kappa shape index (κ3) is 4.72. The van der Waals surface area contributed by atoms with E-state index in [2.05, 4.69) is 48.6 Å². The highest BCUT2D eigenvalue weighted by molar-refractivity contribution is 5.95. The van der Waals surface area contributed by atoms with Crippen LogP contribution in [0.2, 0.25) is 0 Å². The summed E-state index contributed by atoms with van der Waals surface area (Å²) in [5.74, 6) is 1.83. The highest BCUT2D eigenvalue weighted by Gasteiger charge is 2.37. The molecule has 2 aliphatic heterocycles. The Morgan fingerprint density at radius 3 is 2.50 bits per heavy atom. The van der Waals surface area contributed by atoms with Crippen molar-refractivity contribution >= 4 is 23.9 Å². The predicted octanol–water partition coefficient (Wildman–Crippen LogP) is 5.32. The Kier molecular flexibility index (Phi) is 6.92. The zero-order valence-electron chi connectivity index (χ0n) is 18.8. The monoisotopic (exact) mass is 452 g/mol. The summed E-state index contributed by atoms with van der Waals surface area (Å²) in [6, 6.07) is 16.5. The minimum atomic E-state index is -0.244. The van der Waals surface area contributed by atoms with Gasteiger partial charge in [0.25, 0.3) is 5.91 Å². The van der Waals surface area contributed by atoms with Crippen LogP contribution in [0.5, 0.6) is 5.75 Å². The van der Waals surface area contributed by atoms with Crippen LogP contribution in [0.4, 0.5) is 0 Å². The molecule has 2 aromatic rings. The second kappa shape index (κ2) is 9.68. The lowest BCUT2D eigenvalue weighted by atomic mass is 9.83. The van der Waals surface area contributed by atoms with Gasteiger partial charge in [-0.2, -0.15) is 0 Å². The van der Waals surface area contributed by atoms with Crippen molar-refractivity contribution in [3.05, 3.63) is 71.3 Å². The zero-order chi connectivity index (χ0) is 21.3. The largest absolute Gasteiger partial charge is 0.482 e. The first kappa shape index (κ1) is 22.9. The van der Waals surface area contributed by atoms with E-state index in [4.69, 9.17) is 4.74 Å². The molecule has 1 amide bonds. The van der Waals surface area contributed by atoms with Gasteiger partial charge in [0.2, 0.25) is 0 Å². The van der Waals surface area contributed by atoms with E-state index in [9.17, 15) is 4.79 Å². The van der Waals surface area contributed by atoms with Crippen LogP contribution in [0.25, 0.3) is 5.57 Å². The number of fused-ring (bicyclic) bond motifs is 1. The quantitative estimate of drug-likeness (QED) is 0.645. The molecule has 0 radical (unpaired) electrons. The molecule has 1 saturated carbocycles. The molecule has 4 nitrogen and oxygen atoms in total. The highest BCUT2D eigenvalue weighted by Crippen LogP contribution is 2.42. The number of nitrogens with one attached hydrogen (secondary N) is 1. The van der Waals surface area contributed by atoms with Crippen molar-refractivity contribution in [2.75, 3.05) is 26.2 Å². The summed E-state index contributed by atoms with van der Waals surface area (Å²) in [5, 5.41) is 3.44. The van der Waals surface area contributed by atoms with Crippen molar-refractivity contribution in [1.82, 2.24) is 10.2 Å². The van der Waals surface area contributed by atoms with Gasteiger partial charge in [0, 0.05) is 37.1 Å². The molecule has 2 fully saturated rings. The van der Waals surface area contributed by atoms with E-state index in [1.807, 2.05) is 23.1 Å². The number of halogens is 1. The Morgan fingerprint density at radius 1 is 1.09 bits per heavy atom. The standard InChI is InChI=1S/C27H32N2O2.ClH/c1-2-17-29(19-20-7-8-20)26(30)22-11-9-21(10-12-22)24-18-27(13-15-28-16-14-27)31-25-6-4-3-5-23(24)25;/h3-6,9-12,18,20,28H,2,7-8,13-17,19H2,1H3;1H. The molecule has 1 N–H and O–H groups in total. The number of benzene rings is 2. The first-order valence-electron chi connectivity index (χ1n) is 11.8. The topological polar surface area (TPSA) is 41.6 Å². The Labute approximate surface area is 197 Å². The number of carbonyl (C=O) groups excluding carboxylic acids is 1. The molecule has 5 rings (SSSR count). The maximum atomic E-state index is 13.1. The Bertz CT molecular complexity index is 975. The molecule has 0 atom stereocenters. The van der Waals surface area contributed by atoms with Crippen LogP contribution in [-0.2, 0) is 0 Å². The minimum Gasteiger partial charge on any atom is -0.482 e. The van der Waals surface area contributed by atoms with E-state index in [1.54, 1.807) is 0 Å². The van der Waals surface area contributed by atoms with E-state index in [1.165, 1.54) is 18.4 Å². The molecule has 1 aliphatic carbocycles. The summed E-state index contributed by atoms with van der Waals surface area (Å²) in [5.41, 5.74) is 4.04. The number of carbonyl (C=O) groups is 1. The van der Waals surface area contributed by atoms with Crippen molar-refractivity contribution in [3.8, 4) is 5.75 Å². The van der Waals surface area contributed by atoms with E-state index in [0.29, 0.717) is 5.92 Å². The van der Waals surface area contributed by atoms with E-state index >= 15 is 0 Å². The summed E-state index contributed by atoms with van der Waals surface area (Å²) < 4.78 is 6.50. The van der Waals surface area contributed by atoms with Crippen molar-refractivity contribution in [3.63, 3.8) is 0 Å². The van der Waals surface area contributed by atoms with Crippen molar-refractivity contribution in [2.24, 2.45) is 5.92 Å². The average molecular weight is 453 g/mol. The van der Waals surface area contributed by atoms with Crippen molar-refractivity contribution < 1.29 is 9.53 Å². The van der Waals surface area contributed by atoms with Crippen molar-refractivity contribution in [2.45, 2.75) is 44.6 Å². The SMILES string of the molecule is CCCN(CC1CC1)C(=O)c1ccc(C2=CC3(CCNCC3)Oc3ccccc32)cc1.Cl. The summed E-state index contributed by atoms with van der Waals surface area (Å²) in [6.45, 7) is 5.81. The molecule has 0 aromatic heterocycles. The number of rotatable bonds is 6. The van der Waals surface area contributed by atoms with Gasteiger partial charge in [0.15, 0.2) is 0 Å². The van der Waals surface area contributed by atoms with Crippen LogP contribution >= 0.6 is 12.4 Å². The number of hydrogen-bond donors (Lipinski definition) is 1. The molecule has 3 aliphatic rings. The molecule has 32 heavy (non-hydrogen) atoms. The second-order valence-electron chi connectivity index (χ2n) is 9.24. The summed E-state index contributed by atoms with van der Waals surface area (Å²) in [4.78, 5) is 15.2. The molecule has 1 spiro atoms. The lowest BCUT2D eigenvalue weighted by Crippen LogP contribution is -2.46. The summed E-state index contributed by atoms with van der Waals surface area (Å²) >= 11 is 0. The predicted molar refractivity (Wildman–Crippen MR) is 132 cm³/mol. The van der Waals surface area contributed by atoms with Gasteiger partial charge in [0.1, 0.15) is 11.4 Å². The van der Waals surface area contributed by atoms with Crippen LogP contribution in [-0.4, -0.2) is 42.6 Å². The summed E-state index contributed by atoms with van der Waals surface area (Å²) in [6.07, 6.45) is 7.78. The van der Waals surface area contributed by atoms with Crippen LogP contribution in [0.15, 0.2) is 54.6 Å². The molecule has 0 unspecified atom stereocenters. The molecule has 2 heterocycles. The van der Waals surface area contributed by atoms with Gasteiger partial charge < -0.3 is 15.0 Å². The Balaban J connectivity index is 0.00000245. The average Bonchev–Trinajstić information content (AvgIpc) is 3.63. The number of hydrogen-bond acceptors (Lipinski definition) is 3. The number of amides is 1. The van der Waals surface area contributed by atoms with E-state index in [0.717, 1.165) is 67.9 Å². The molecule has 1 saturated heterocycles. The van der Waals surface area contributed by atoms with E-state index in [-0.39, 0.29) is 23.9 Å². The highest BCUT2D eigenvalue weighted by atomic mass is 35.5. The van der Waals surface area contributed by atoms with Crippen LogP contribution in [0.3, 0.4) is 0 Å². The van der Waals surface area contributed by atoms with Gasteiger partial charge >= 0.3 is 0 Å². The van der Waals surface area contributed by atoms with Crippen LogP contribution in [0.1, 0.15) is 60.5 Å². The first-order chi connectivity index (χ1) is 15.2. The summed E-state index contributed by atoms with van der Waals surface area (Å²) in [7, 11) is 0. The number of nitrogens with zero attached hydrogens (tertiary/aromatic N) is 1. The molecular weight excluding hydrogens is 420 g/mol. The normalized spacial score (nSPS) is 18.7. The fourth-order valence-corrected chi connectivity index (χ4v) is 4.84. The third-order valence-electron chi connectivity index (χ3n) is 6.75. The Hall–Kier alpha value is -2.30. The molecule has 170 valence electrons. The van der Waals surface area contributed by atoms with Gasteiger partial charge in [-0.3, -0.25) is 4.79 Å². The van der Waals surface area contributed by atoms with Gasteiger partial charge in [0.05, 0.1) is 0 Å². The van der Waals surface area contributed by atoms with Crippen LogP contribution < -0.4 is 10.1 Å².